The van der Waals surface area contributed by atoms with Gasteiger partial charge in [-0.05, 0) is 50.2 Å². The highest BCUT2D eigenvalue weighted by molar-refractivity contribution is 5.94. The van der Waals surface area contributed by atoms with E-state index in [1.165, 1.54) is 23.8 Å². The fourth-order valence-corrected chi connectivity index (χ4v) is 2.94. The van der Waals surface area contributed by atoms with Gasteiger partial charge in [0.1, 0.15) is 0 Å². The standard InChI is InChI=1S/C20H21F3N4O/c1-27(11-5-8-14-6-3-2-4-7-14)13-18(28)24-15-9-10-16-17(12-15)26-19(25-16)20(21,22)23/h2-4,6-7,9-10,12H,5,8,11,13H2,1H3,(H,24,28)(H,25,26). The lowest BCUT2D eigenvalue weighted by Gasteiger charge is -2.16. The molecule has 3 aromatic rings. The van der Waals surface area contributed by atoms with E-state index in [2.05, 4.69) is 27.4 Å². The van der Waals surface area contributed by atoms with Crippen molar-refractivity contribution in [2.24, 2.45) is 0 Å². The molecular formula is C20H21F3N4O. The maximum Gasteiger partial charge on any atom is 0.449 e. The average molecular weight is 390 g/mol. The summed E-state index contributed by atoms with van der Waals surface area (Å²) in [5.74, 6) is -1.28. The number of imidazole rings is 1. The molecule has 3 rings (SSSR count). The number of anilines is 1. The van der Waals surface area contributed by atoms with Crippen molar-refractivity contribution < 1.29 is 18.0 Å². The number of alkyl halides is 3. The number of likely N-dealkylation sites (N-methyl/N-ethyl adjacent to an activating group) is 1. The quantitative estimate of drug-likeness (QED) is 0.639. The van der Waals surface area contributed by atoms with Crippen LogP contribution in [0, 0.1) is 0 Å². The SMILES string of the molecule is CN(CCCc1ccccc1)CC(=O)Nc1ccc2nc(C(F)(F)F)[nH]c2c1. The van der Waals surface area contributed by atoms with E-state index >= 15 is 0 Å². The smallest absolute Gasteiger partial charge is 0.334 e. The first-order valence-electron chi connectivity index (χ1n) is 8.90. The van der Waals surface area contributed by atoms with Crippen molar-refractivity contribution >= 4 is 22.6 Å². The number of H-pyrrole nitrogens is 1. The van der Waals surface area contributed by atoms with Crippen molar-refractivity contribution in [3.05, 3.63) is 59.9 Å². The van der Waals surface area contributed by atoms with E-state index in [-0.39, 0.29) is 23.5 Å². The minimum Gasteiger partial charge on any atom is -0.334 e. The van der Waals surface area contributed by atoms with Gasteiger partial charge < -0.3 is 10.3 Å². The molecule has 8 heteroatoms. The Morgan fingerprint density at radius 2 is 1.93 bits per heavy atom. The molecule has 1 aromatic heterocycles. The Balaban J connectivity index is 1.51. The lowest BCUT2D eigenvalue weighted by Crippen LogP contribution is -2.31. The van der Waals surface area contributed by atoms with Gasteiger partial charge in [-0.15, -0.1) is 0 Å². The number of benzene rings is 2. The number of amides is 1. The van der Waals surface area contributed by atoms with E-state index < -0.39 is 12.0 Å². The monoisotopic (exact) mass is 390 g/mol. The molecule has 5 nitrogen and oxygen atoms in total. The van der Waals surface area contributed by atoms with Crippen LogP contribution in [0.25, 0.3) is 11.0 Å². The summed E-state index contributed by atoms with van der Waals surface area (Å²) in [6.07, 6.45) is -2.68. The van der Waals surface area contributed by atoms with Crippen molar-refractivity contribution in [3.63, 3.8) is 0 Å². The number of fused-ring (bicyclic) bond motifs is 1. The van der Waals surface area contributed by atoms with Gasteiger partial charge in [0.25, 0.3) is 0 Å². The fourth-order valence-electron chi connectivity index (χ4n) is 2.94. The molecule has 0 spiro atoms. The molecule has 28 heavy (non-hydrogen) atoms. The van der Waals surface area contributed by atoms with Gasteiger partial charge >= 0.3 is 6.18 Å². The number of hydrogen-bond donors (Lipinski definition) is 2. The Labute approximate surface area is 160 Å². The number of aromatic amines is 1. The molecule has 1 heterocycles. The summed E-state index contributed by atoms with van der Waals surface area (Å²) in [7, 11) is 1.86. The van der Waals surface area contributed by atoms with Gasteiger partial charge in [0.15, 0.2) is 0 Å². The van der Waals surface area contributed by atoms with Gasteiger partial charge in [0, 0.05) is 5.69 Å². The Bertz CT molecular complexity index is 938. The first-order chi connectivity index (χ1) is 13.3. The highest BCUT2D eigenvalue weighted by Gasteiger charge is 2.34. The molecule has 0 saturated heterocycles. The number of nitrogens with one attached hydrogen (secondary N) is 2. The molecule has 0 atom stereocenters. The number of carbonyl (C=O) groups is 1. The number of halogens is 3. The Kier molecular flexibility index (Phi) is 5.99. The number of aryl methyl sites for hydroxylation is 1. The van der Waals surface area contributed by atoms with E-state index in [1.54, 1.807) is 0 Å². The van der Waals surface area contributed by atoms with Crippen molar-refractivity contribution in [1.82, 2.24) is 14.9 Å². The molecule has 0 saturated carbocycles. The minimum absolute atomic E-state index is 0.198. The van der Waals surface area contributed by atoms with Crippen molar-refractivity contribution in [3.8, 4) is 0 Å². The summed E-state index contributed by atoms with van der Waals surface area (Å²) in [5, 5.41) is 2.71. The lowest BCUT2D eigenvalue weighted by molar-refractivity contribution is -0.144. The molecule has 0 radical (unpaired) electrons. The van der Waals surface area contributed by atoms with E-state index in [0.29, 0.717) is 5.69 Å². The average Bonchev–Trinajstić information content (AvgIpc) is 3.06. The Hall–Kier alpha value is -2.87. The summed E-state index contributed by atoms with van der Waals surface area (Å²) in [5.41, 5.74) is 2.10. The van der Waals surface area contributed by atoms with Crippen LogP contribution in [-0.2, 0) is 17.4 Å². The Morgan fingerprint density at radius 3 is 2.64 bits per heavy atom. The maximum absolute atomic E-state index is 12.7. The molecule has 1 amide bonds. The first-order valence-corrected chi connectivity index (χ1v) is 8.90. The number of aromatic nitrogens is 2. The number of rotatable bonds is 7. The van der Waals surface area contributed by atoms with Crippen molar-refractivity contribution in [1.29, 1.82) is 0 Å². The summed E-state index contributed by atoms with van der Waals surface area (Å²) < 4.78 is 38.2. The van der Waals surface area contributed by atoms with Gasteiger partial charge in [-0.2, -0.15) is 13.2 Å². The van der Waals surface area contributed by atoms with E-state index in [4.69, 9.17) is 0 Å². The molecule has 0 aliphatic heterocycles. The van der Waals surface area contributed by atoms with Crippen LogP contribution < -0.4 is 5.32 Å². The molecular weight excluding hydrogens is 369 g/mol. The van der Waals surface area contributed by atoms with E-state index in [1.807, 2.05) is 30.1 Å². The summed E-state index contributed by atoms with van der Waals surface area (Å²) >= 11 is 0. The van der Waals surface area contributed by atoms with Crippen molar-refractivity contribution in [2.75, 3.05) is 25.5 Å². The van der Waals surface area contributed by atoms with Crippen LogP contribution in [0.2, 0.25) is 0 Å². The van der Waals surface area contributed by atoms with E-state index in [0.717, 1.165) is 19.4 Å². The number of carbonyl (C=O) groups excluding carboxylic acids is 1. The Morgan fingerprint density at radius 1 is 1.18 bits per heavy atom. The summed E-state index contributed by atoms with van der Waals surface area (Å²) in [6.45, 7) is 0.959. The van der Waals surface area contributed by atoms with Crippen LogP contribution in [0.3, 0.4) is 0 Å². The summed E-state index contributed by atoms with van der Waals surface area (Å²) in [6, 6.07) is 14.6. The second kappa shape index (κ2) is 8.43. The van der Waals surface area contributed by atoms with Crippen LogP contribution in [0.5, 0.6) is 0 Å². The van der Waals surface area contributed by atoms with Crippen LogP contribution in [0.1, 0.15) is 17.8 Å². The maximum atomic E-state index is 12.7. The third kappa shape index (κ3) is 5.32. The third-order valence-electron chi connectivity index (χ3n) is 4.30. The molecule has 0 aliphatic carbocycles. The second-order valence-electron chi connectivity index (χ2n) is 6.69. The molecule has 0 unspecified atom stereocenters. The normalized spacial score (nSPS) is 11.9. The second-order valence-corrected chi connectivity index (χ2v) is 6.69. The third-order valence-corrected chi connectivity index (χ3v) is 4.30. The molecule has 0 bridgehead atoms. The van der Waals surface area contributed by atoms with E-state index in [9.17, 15) is 18.0 Å². The fraction of sp³-hybridized carbons (Fsp3) is 0.300. The largest absolute Gasteiger partial charge is 0.449 e. The zero-order valence-electron chi connectivity index (χ0n) is 15.4. The van der Waals surface area contributed by atoms with Gasteiger partial charge in [-0.1, -0.05) is 30.3 Å². The lowest BCUT2D eigenvalue weighted by atomic mass is 10.1. The van der Waals surface area contributed by atoms with Crippen LogP contribution in [-0.4, -0.2) is 40.9 Å². The van der Waals surface area contributed by atoms with Gasteiger partial charge in [0.2, 0.25) is 11.7 Å². The van der Waals surface area contributed by atoms with Crippen LogP contribution >= 0.6 is 0 Å². The molecule has 2 aromatic carbocycles. The van der Waals surface area contributed by atoms with Gasteiger partial charge in [0.05, 0.1) is 17.6 Å². The molecule has 0 fully saturated rings. The predicted octanol–water partition coefficient (Wildman–Crippen LogP) is 4.08. The summed E-state index contributed by atoms with van der Waals surface area (Å²) in [4.78, 5) is 19.9. The molecule has 0 aliphatic rings. The zero-order valence-corrected chi connectivity index (χ0v) is 15.4. The van der Waals surface area contributed by atoms with Crippen LogP contribution in [0.4, 0.5) is 18.9 Å². The molecule has 2 N–H and O–H groups in total. The van der Waals surface area contributed by atoms with Crippen molar-refractivity contribution in [2.45, 2.75) is 19.0 Å². The van der Waals surface area contributed by atoms with Gasteiger partial charge in [-0.25, -0.2) is 4.98 Å². The number of hydrogen-bond acceptors (Lipinski definition) is 3. The van der Waals surface area contributed by atoms with Crippen LogP contribution in [0.15, 0.2) is 48.5 Å². The predicted molar refractivity (Wildman–Crippen MR) is 102 cm³/mol. The number of nitrogens with zero attached hydrogens (tertiary/aromatic N) is 2. The minimum atomic E-state index is -4.54. The highest BCUT2D eigenvalue weighted by Crippen LogP contribution is 2.29. The first kappa shape index (κ1) is 19.9. The highest BCUT2D eigenvalue weighted by atomic mass is 19.4. The van der Waals surface area contributed by atoms with Gasteiger partial charge in [-0.3, -0.25) is 9.69 Å². The molecule has 148 valence electrons. The topological polar surface area (TPSA) is 61.0 Å². The zero-order chi connectivity index (χ0) is 20.1.